The fourth-order valence-electron chi connectivity index (χ4n) is 2.86. The Morgan fingerprint density at radius 2 is 2.29 bits per heavy atom. The molecule has 1 aliphatic carbocycles. The summed E-state index contributed by atoms with van der Waals surface area (Å²) in [5.41, 5.74) is 1.40. The van der Waals surface area contributed by atoms with Crippen molar-refractivity contribution >= 4 is 11.3 Å². The smallest absolute Gasteiger partial charge is 0.119 e. The third-order valence-electron chi connectivity index (χ3n) is 4.29. The normalized spacial score (nSPS) is 22.6. The van der Waals surface area contributed by atoms with E-state index in [1.165, 1.54) is 23.4 Å². The van der Waals surface area contributed by atoms with E-state index < -0.39 is 0 Å². The Hall–Kier alpha value is -1.39. The summed E-state index contributed by atoms with van der Waals surface area (Å²) in [5, 5.41) is 6.95. The Morgan fingerprint density at radius 3 is 3.00 bits per heavy atom. The van der Waals surface area contributed by atoms with Gasteiger partial charge in [-0.2, -0.15) is 0 Å². The maximum Gasteiger partial charge on any atom is 0.119 e. The van der Waals surface area contributed by atoms with Crippen molar-refractivity contribution in [1.29, 1.82) is 0 Å². The topological polar surface area (TPSA) is 34.1 Å². The van der Waals surface area contributed by atoms with Gasteiger partial charge in [0.25, 0.3) is 0 Å². The minimum absolute atomic E-state index is 0.501. The maximum atomic E-state index is 5.30. The Kier molecular flexibility index (Phi) is 4.56. The van der Waals surface area contributed by atoms with Crippen LogP contribution < -0.4 is 10.1 Å². The van der Waals surface area contributed by atoms with E-state index in [-0.39, 0.29) is 0 Å². The number of rotatable bonds is 6. The number of thiazole rings is 1. The maximum absolute atomic E-state index is 5.30. The first kappa shape index (κ1) is 14.5. The molecule has 1 N–H and O–H groups in total. The molecule has 21 heavy (non-hydrogen) atoms. The molecule has 3 rings (SSSR count). The molecule has 0 amide bonds. The zero-order chi connectivity index (χ0) is 14.7. The lowest BCUT2D eigenvalue weighted by Crippen LogP contribution is -2.41. The van der Waals surface area contributed by atoms with Crippen molar-refractivity contribution in [2.75, 3.05) is 13.7 Å². The zero-order valence-corrected chi connectivity index (χ0v) is 13.4. The minimum atomic E-state index is 0.501. The van der Waals surface area contributed by atoms with E-state index in [1.54, 1.807) is 18.4 Å². The average molecular weight is 302 g/mol. The van der Waals surface area contributed by atoms with Crippen LogP contribution in [0.4, 0.5) is 0 Å². The van der Waals surface area contributed by atoms with Crippen LogP contribution in [0.2, 0.25) is 0 Å². The Morgan fingerprint density at radius 1 is 1.43 bits per heavy atom. The van der Waals surface area contributed by atoms with Crippen LogP contribution in [-0.2, 0) is 0 Å². The second-order valence-electron chi connectivity index (χ2n) is 5.82. The van der Waals surface area contributed by atoms with Gasteiger partial charge in [0.15, 0.2) is 0 Å². The molecule has 1 heterocycles. The van der Waals surface area contributed by atoms with E-state index in [2.05, 4.69) is 35.4 Å². The highest BCUT2D eigenvalue weighted by Gasteiger charge is 2.30. The van der Waals surface area contributed by atoms with Gasteiger partial charge in [-0.3, -0.25) is 0 Å². The van der Waals surface area contributed by atoms with Crippen molar-refractivity contribution in [3.8, 4) is 5.75 Å². The molecule has 0 spiro atoms. The number of nitrogens with zero attached hydrogens (tertiary/aromatic N) is 1. The first-order valence-electron chi connectivity index (χ1n) is 7.53. The number of hydrogen-bond donors (Lipinski definition) is 1. The SMILES string of the molecule is COc1cccc(C2CC(NCC(C)c3nccs3)C2)c1. The highest BCUT2D eigenvalue weighted by molar-refractivity contribution is 7.09. The van der Waals surface area contributed by atoms with Crippen molar-refractivity contribution in [1.82, 2.24) is 10.3 Å². The Balaban J connectivity index is 1.45. The molecule has 0 bridgehead atoms. The van der Waals surface area contributed by atoms with Crippen LogP contribution in [0.5, 0.6) is 5.75 Å². The van der Waals surface area contributed by atoms with Gasteiger partial charge in [-0.1, -0.05) is 19.1 Å². The van der Waals surface area contributed by atoms with Crippen molar-refractivity contribution in [2.24, 2.45) is 0 Å². The molecule has 4 heteroatoms. The monoisotopic (exact) mass is 302 g/mol. The van der Waals surface area contributed by atoms with Crippen molar-refractivity contribution in [3.63, 3.8) is 0 Å². The summed E-state index contributed by atoms with van der Waals surface area (Å²) in [6.45, 7) is 3.26. The molecule has 3 nitrogen and oxygen atoms in total. The van der Waals surface area contributed by atoms with Crippen molar-refractivity contribution in [2.45, 2.75) is 37.6 Å². The first-order valence-corrected chi connectivity index (χ1v) is 8.41. The number of hydrogen-bond acceptors (Lipinski definition) is 4. The second-order valence-corrected chi connectivity index (χ2v) is 6.75. The average Bonchev–Trinajstić information content (AvgIpc) is 3.00. The summed E-state index contributed by atoms with van der Waals surface area (Å²) in [5.74, 6) is 2.13. The lowest BCUT2D eigenvalue weighted by molar-refractivity contribution is 0.287. The number of benzene rings is 1. The van der Waals surface area contributed by atoms with Gasteiger partial charge in [-0.25, -0.2) is 4.98 Å². The number of ether oxygens (including phenoxy) is 1. The van der Waals surface area contributed by atoms with Crippen LogP contribution in [0.1, 0.15) is 42.2 Å². The number of methoxy groups -OCH3 is 1. The Bertz CT molecular complexity index is 564. The van der Waals surface area contributed by atoms with Crippen molar-refractivity contribution < 1.29 is 4.74 Å². The van der Waals surface area contributed by atoms with Crippen molar-refractivity contribution in [3.05, 3.63) is 46.4 Å². The van der Waals surface area contributed by atoms with Crippen LogP contribution in [0.25, 0.3) is 0 Å². The van der Waals surface area contributed by atoms with Crippen LogP contribution in [0.3, 0.4) is 0 Å². The van der Waals surface area contributed by atoms with Gasteiger partial charge in [-0.15, -0.1) is 11.3 Å². The summed E-state index contributed by atoms with van der Waals surface area (Å²) in [7, 11) is 1.73. The summed E-state index contributed by atoms with van der Waals surface area (Å²) in [6, 6.07) is 9.11. The molecule has 1 atom stereocenters. The third kappa shape index (κ3) is 3.44. The molecular weight excluding hydrogens is 280 g/mol. The van der Waals surface area contributed by atoms with Gasteiger partial charge in [0.1, 0.15) is 5.75 Å². The molecule has 1 saturated carbocycles. The molecule has 1 fully saturated rings. The van der Waals surface area contributed by atoms with E-state index in [1.807, 2.05) is 17.6 Å². The molecule has 1 aromatic heterocycles. The zero-order valence-electron chi connectivity index (χ0n) is 12.6. The summed E-state index contributed by atoms with van der Waals surface area (Å²) < 4.78 is 5.30. The standard InChI is InChI=1S/C17H22N2OS/c1-12(17-18-6-7-21-17)11-19-15-8-14(9-15)13-4-3-5-16(10-13)20-2/h3-7,10,12,14-15,19H,8-9,11H2,1-2H3. The van der Waals surface area contributed by atoms with E-state index >= 15 is 0 Å². The summed E-state index contributed by atoms with van der Waals surface area (Å²) in [4.78, 5) is 4.38. The van der Waals surface area contributed by atoms with Gasteiger partial charge >= 0.3 is 0 Å². The second kappa shape index (κ2) is 6.58. The lowest BCUT2D eigenvalue weighted by atomic mass is 9.75. The molecule has 2 aromatic rings. The highest BCUT2D eigenvalue weighted by Crippen LogP contribution is 2.38. The van der Waals surface area contributed by atoms with E-state index in [0.717, 1.165) is 12.3 Å². The summed E-state index contributed by atoms with van der Waals surface area (Å²) >= 11 is 1.74. The minimum Gasteiger partial charge on any atom is -0.497 e. The predicted molar refractivity (Wildman–Crippen MR) is 87.3 cm³/mol. The first-order chi connectivity index (χ1) is 10.3. The molecule has 0 aliphatic heterocycles. The molecule has 0 radical (unpaired) electrons. The van der Waals surface area contributed by atoms with Crippen LogP contribution in [0, 0.1) is 0 Å². The molecule has 1 unspecified atom stereocenters. The van der Waals surface area contributed by atoms with Gasteiger partial charge in [0.2, 0.25) is 0 Å². The van der Waals surface area contributed by atoms with Gasteiger partial charge in [0.05, 0.1) is 12.1 Å². The van der Waals surface area contributed by atoms with Gasteiger partial charge in [-0.05, 0) is 36.5 Å². The highest BCUT2D eigenvalue weighted by atomic mass is 32.1. The van der Waals surface area contributed by atoms with Gasteiger partial charge in [0, 0.05) is 30.1 Å². The number of nitrogens with one attached hydrogen (secondary N) is 1. The fraction of sp³-hybridized carbons (Fsp3) is 0.471. The number of aromatic nitrogens is 1. The van der Waals surface area contributed by atoms with Crippen LogP contribution >= 0.6 is 11.3 Å². The molecule has 1 aromatic carbocycles. The molecule has 0 saturated heterocycles. The molecule has 1 aliphatic rings. The summed E-state index contributed by atoms with van der Waals surface area (Å²) in [6.07, 6.45) is 4.33. The quantitative estimate of drug-likeness (QED) is 0.881. The fourth-order valence-corrected chi connectivity index (χ4v) is 3.56. The van der Waals surface area contributed by atoms with E-state index in [9.17, 15) is 0 Å². The van der Waals surface area contributed by atoms with Crippen LogP contribution in [0.15, 0.2) is 35.8 Å². The van der Waals surface area contributed by atoms with Crippen LogP contribution in [-0.4, -0.2) is 24.7 Å². The molecular formula is C17H22N2OS. The lowest BCUT2D eigenvalue weighted by Gasteiger charge is -2.37. The molecule has 112 valence electrons. The van der Waals surface area contributed by atoms with E-state index in [0.29, 0.717) is 17.9 Å². The largest absolute Gasteiger partial charge is 0.497 e. The predicted octanol–water partition coefficient (Wildman–Crippen LogP) is 3.79. The van der Waals surface area contributed by atoms with Gasteiger partial charge < -0.3 is 10.1 Å². The van der Waals surface area contributed by atoms with E-state index in [4.69, 9.17) is 4.74 Å². The Labute approximate surface area is 130 Å². The third-order valence-corrected chi connectivity index (χ3v) is 5.30.